The molecule has 0 spiro atoms. The van der Waals surface area contributed by atoms with Gasteiger partial charge >= 0.3 is 11.9 Å². The summed E-state index contributed by atoms with van der Waals surface area (Å²) in [5.41, 5.74) is 0.839. The largest absolute Gasteiger partial charge is 0.481 e. The first-order chi connectivity index (χ1) is 6.68. The quantitative estimate of drug-likeness (QED) is 0.631. The SMILES string of the molecule is Cl.O=C(O)CC(=O)OCc1ccccc1. The molecule has 5 heteroatoms. The van der Waals surface area contributed by atoms with Gasteiger partial charge in [0.25, 0.3) is 0 Å². The molecule has 0 aliphatic heterocycles. The Bertz CT molecular complexity index is 323. The maximum atomic E-state index is 10.8. The molecule has 0 fully saturated rings. The minimum absolute atomic E-state index is 0. The number of esters is 1. The van der Waals surface area contributed by atoms with Crippen LogP contribution < -0.4 is 0 Å². The molecule has 0 aromatic heterocycles. The van der Waals surface area contributed by atoms with Gasteiger partial charge < -0.3 is 9.84 Å². The number of carboxylic acids is 1. The van der Waals surface area contributed by atoms with Gasteiger partial charge in [0, 0.05) is 0 Å². The Balaban J connectivity index is 0.00000196. The molecule has 0 atom stereocenters. The molecule has 0 unspecified atom stereocenters. The average molecular weight is 231 g/mol. The van der Waals surface area contributed by atoms with Gasteiger partial charge in [-0.15, -0.1) is 12.4 Å². The highest BCUT2D eigenvalue weighted by Gasteiger charge is 2.08. The van der Waals surface area contributed by atoms with Gasteiger partial charge in [0.2, 0.25) is 0 Å². The van der Waals surface area contributed by atoms with E-state index in [9.17, 15) is 9.59 Å². The molecule has 0 bridgehead atoms. The van der Waals surface area contributed by atoms with E-state index in [2.05, 4.69) is 0 Å². The van der Waals surface area contributed by atoms with Gasteiger partial charge in [-0.1, -0.05) is 30.3 Å². The lowest BCUT2D eigenvalue weighted by molar-refractivity contribution is -0.152. The third-order valence-corrected chi connectivity index (χ3v) is 1.54. The second-order valence-electron chi connectivity index (χ2n) is 2.72. The van der Waals surface area contributed by atoms with Crippen molar-refractivity contribution in [3.05, 3.63) is 35.9 Å². The van der Waals surface area contributed by atoms with Crippen LogP contribution in [0, 0.1) is 0 Å². The highest BCUT2D eigenvalue weighted by molar-refractivity contribution is 5.90. The van der Waals surface area contributed by atoms with E-state index in [1.54, 1.807) is 12.1 Å². The number of benzene rings is 1. The van der Waals surface area contributed by atoms with Crippen molar-refractivity contribution in [1.29, 1.82) is 0 Å². The van der Waals surface area contributed by atoms with Crippen molar-refractivity contribution < 1.29 is 19.4 Å². The topological polar surface area (TPSA) is 63.6 Å². The average Bonchev–Trinajstić information content (AvgIpc) is 2.15. The van der Waals surface area contributed by atoms with Crippen molar-refractivity contribution in [2.45, 2.75) is 13.0 Å². The van der Waals surface area contributed by atoms with Crippen LogP contribution in [-0.2, 0) is 20.9 Å². The Hall–Kier alpha value is -1.55. The molecule has 0 aliphatic carbocycles. The van der Waals surface area contributed by atoms with Gasteiger partial charge in [-0.3, -0.25) is 9.59 Å². The van der Waals surface area contributed by atoms with Crippen LogP contribution >= 0.6 is 12.4 Å². The van der Waals surface area contributed by atoms with E-state index < -0.39 is 18.4 Å². The van der Waals surface area contributed by atoms with E-state index in [1.807, 2.05) is 18.2 Å². The summed E-state index contributed by atoms with van der Waals surface area (Å²) in [6.07, 6.45) is -0.590. The molecule has 0 aliphatic rings. The van der Waals surface area contributed by atoms with Crippen LogP contribution in [0.15, 0.2) is 30.3 Å². The standard InChI is InChI=1S/C10H10O4.ClH/c11-9(12)6-10(13)14-7-8-4-2-1-3-5-8;/h1-5H,6-7H2,(H,11,12);1H. The van der Waals surface area contributed by atoms with E-state index in [1.165, 1.54) is 0 Å². The van der Waals surface area contributed by atoms with E-state index in [-0.39, 0.29) is 19.0 Å². The molecular formula is C10H11ClO4. The number of rotatable bonds is 4. The minimum atomic E-state index is -1.18. The molecule has 1 N–H and O–H groups in total. The summed E-state index contributed by atoms with van der Waals surface area (Å²) >= 11 is 0. The number of hydrogen-bond donors (Lipinski definition) is 1. The van der Waals surface area contributed by atoms with Crippen LogP contribution in [0.2, 0.25) is 0 Å². The van der Waals surface area contributed by atoms with E-state index in [0.29, 0.717) is 0 Å². The Labute approximate surface area is 93.3 Å². The van der Waals surface area contributed by atoms with Gasteiger partial charge in [0.1, 0.15) is 13.0 Å². The van der Waals surface area contributed by atoms with Crippen LogP contribution in [0.3, 0.4) is 0 Å². The molecule has 0 saturated carbocycles. The van der Waals surface area contributed by atoms with Gasteiger partial charge in [0.05, 0.1) is 0 Å². The summed E-state index contributed by atoms with van der Waals surface area (Å²) in [5.74, 6) is -1.90. The zero-order valence-corrected chi connectivity index (χ0v) is 8.70. The van der Waals surface area contributed by atoms with Crippen molar-refractivity contribution in [3.63, 3.8) is 0 Å². The molecule has 15 heavy (non-hydrogen) atoms. The highest BCUT2D eigenvalue weighted by Crippen LogP contribution is 2.01. The number of hydrogen-bond acceptors (Lipinski definition) is 3. The van der Waals surface area contributed by atoms with E-state index >= 15 is 0 Å². The first kappa shape index (κ1) is 13.4. The normalized spacial score (nSPS) is 8.80. The summed E-state index contributed by atoms with van der Waals surface area (Å²) in [4.78, 5) is 20.9. The van der Waals surface area contributed by atoms with Crippen LogP contribution in [0.5, 0.6) is 0 Å². The lowest BCUT2D eigenvalue weighted by Crippen LogP contribution is -2.10. The number of halogens is 1. The zero-order valence-electron chi connectivity index (χ0n) is 7.88. The molecule has 0 heterocycles. The van der Waals surface area contributed by atoms with E-state index in [4.69, 9.17) is 9.84 Å². The summed E-state index contributed by atoms with van der Waals surface area (Å²) in [5, 5.41) is 8.28. The lowest BCUT2D eigenvalue weighted by atomic mass is 10.2. The maximum absolute atomic E-state index is 10.8. The molecule has 1 aromatic rings. The van der Waals surface area contributed by atoms with Crippen molar-refractivity contribution in [1.82, 2.24) is 0 Å². The zero-order chi connectivity index (χ0) is 10.4. The predicted octanol–water partition coefficient (Wildman–Crippen LogP) is 1.63. The highest BCUT2D eigenvalue weighted by atomic mass is 35.5. The summed E-state index contributed by atoms with van der Waals surface area (Å²) in [6, 6.07) is 9.09. The van der Waals surface area contributed by atoms with Gasteiger partial charge in [-0.25, -0.2) is 0 Å². The lowest BCUT2D eigenvalue weighted by Gasteiger charge is -2.02. The van der Waals surface area contributed by atoms with Gasteiger partial charge in [-0.2, -0.15) is 0 Å². The number of aliphatic carboxylic acids is 1. The molecule has 0 saturated heterocycles. The van der Waals surface area contributed by atoms with Crippen LogP contribution in [0.4, 0.5) is 0 Å². The molecule has 4 nitrogen and oxygen atoms in total. The smallest absolute Gasteiger partial charge is 0.317 e. The molecule has 1 rings (SSSR count). The number of carbonyl (C=O) groups is 2. The Morgan fingerprint density at radius 2 is 1.80 bits per heavy atom. The monoisotopic (exact) mass is 230 g/mol. The molecule has 0 radical (unpaired) electrons. The number of carbonyl (C=O) groups excluding carboxylic acids is 1. The first-order valence-electron chi connectivity index (χ1n) is 4.10. The van der Waals surface area contributed by atoms with Crippen LogP contribution in [0.25, 0.3) is 0 Å². The second-order valence-corrected chi connectivity index (χ2v) is 2.72. The summed E-state index contributed by atoms with van der Waals surface area (Å²) in [7, 11) is 0. The van der Waals surface area contributed by atoms with Gasteiger partial charge in [-0.05, 0) is 5.56 Å². The molecule has 1 aromatic carbocycles. The third kappa shape index (κ3) is 5.70. The predicted molar refractivity (Wildman–Crippen MR) is 55.7 cm³/mol. The molecule has 0 amide bonds. The van der Waals surface area contributed by atoms with Gasteiger partial charge in [0.15, 0.2) is 0 Å². The number of carboxylic acid groups (broad SMARTS) is 1. The second kappa shape index (κ2) is 6.84. The molecule has 82 valence electrons. The summed E-state index contributed by atoms with van der Waals surface area (Å²) < 4.78 is 4.72. The minimum Gasteiger partial charge on any atom is -0.481 e. The van der Waals surface area contributed by atoms with Crippen LogP contribution in [-0.4, -0.2) is 17.0 Å². The number of ether oxygens (including phenoxy) is 1. The van der Waals surface area contributed by atoms with E-state index in [0.717, 1.165) is 5.56 Å². The first-order valence-corrected chi connectivity index (χ1v) is 4.10. The Morgan fingerprint density at radius 3 is 2.33 bits per heavy atom. The maximum Gasteiger partial charge on any atom is 0.317 e. The fourth-order valence-electron chi connectivity index (χ4n) is 0.913. The third-order valence-electron chi connectivity index (χ3n) is 1.54. The Morgan fingerprint density at radius 1 is 1.20 bits per heavy atom. The fourth-order valence-corrected chi connectivity index (χ4v) is 0.913. The van der Waals surface area contributed by atoms with Crippen molar-refractivity contribution in [2.24, 2.45) is 0 Å². The van der Waals surface area contributed by atoms with Crippen molar-refractivity contribution >= 4 is 24.3 Å². The fraction of sp³-hybridized carbons (Fsp3) is 0.200. The Kier molecular flexibility index (Phi) is 6.13. The van der Waals surface area contributed by atoms with Crippen LogP contribution in [0.1, 0.15) is 12.0 Å². The van der Waals surface area contributed by atoms with Crippen molar-refractivity contribution in [3.8, 4) is 0 Å². The molecular weight excluding hydrogens is 220 g/mol. The van der Waals surface area contributed by atoms with Crippen molar-refractivity contribution in [2.75, 3.05) is 0 Å². The summed E-state index contributed by atoms with van der Waals surface area (Å²) in [6.45, 7) is 0.118.